The lowest BCUT2D eigenvalue weighted by Crippen LogP contribution is -2.59. The third-order valence-electron chi connectivity index (χ3n) is 9.39. The highest BCUT2D eigenvalue weighted by Crippen LogP contribution is 2.46. The Morgan fingerprint density at radius 3 is 2.31 bits per heavy atom. The molecule has 5 fully saturated rings. The highest BCUT2D eigenvalue weighted by Gasteiger charge is 2.48. The molecule has 0 spiro atoms. The number of hydrogen-bond donors (Lipinski definition) is 2. The van der Waals surface area contributed by atoms with Crippen molar-refractivity contribution in [3.63, 3.8) is 0 Å². The van der Waals surface area contributed by atoms with E-state index in [2.05, 4.69) is 48.3 Å². The summed E-state index contributed by atoms with van der Waals surface area (Å²) in [6, 6.07) is -0.182. The van der Waals surface area contributed by atoms with Gasteiger partial charge in [0.25, 0.3) is 0 Å². The molecule has 3 aliphatic heterocycles. The van der Waals surface area contributed by atoms with Crippen LogP contribution in [0, 0.1) is 23.2 Å². The molecule has 3 saturated heterocycles. The maximum absolute atomic E-state index is 13.6. The van der Waals surface area contributed by atoms with Crippen LogP contribution in [0.2, 0.25) is 0 Å². The van der Waals surface area contributed by atoms with Gasteiger partial charge in [-0.25, -0.2) is 0 Å². The van der Waals surface area contributed by atoms with Crippen molar-refractivity contribution in [3.8, 4) is 0 Å². The van der Waals surface area contributed by atoms with Gasteiger partial charge in [-0.15, -0.1) is 0 Å². The van der Waals surface area contributed by atoms with E-state index in [9.17, 15) is 14.4 Å². The normalized spacial score (nSPS) is 31.0. The third-order valence-corrected chi connectivity index (χ3v) is 9.39. The molecular formula is C28H48N4O3. The Hall–Kier alpha value is -1.47. The summed E-state index contributed by atoms with van der Waals surface area (Å²) < 4.78 is 0. The van der Waals surface area contributed by atoms with Gasteiger partial charge in [0.15, 0.2) is 0 Å². The number of hydrogen-bond acceptors (Lipinski definition) is 5. The molecule has 7 nitrogen and oxygen atoms in total. The number of rotatable bonds is 7. The van der Waals surface area contributed by atoms with Gasteiger partial charge in [0.1, 0.15) is 6.29 Å². The third kappa shape index (κ3) is 6.10. The molecule has 7 heteroatoms. The second-order valence-corrected chi connectivity index (χ2v) is 13.0. The van der Waals surface area contributed by atoms with Crippen LogP contribution in [0.3, 0.4) is 0 Å². The lowest BCUT2D eigenvalue weighted by atomic mass is 9.63. The van der Waals surface area contributed by atoms with Crippen molar-refractivity contribution >= 4 is 18.1 Å². The molecule has 0 aromatic heterocycles. The highest BCUT2D eigenvalue weighted by molar-refractivity contribution is 5.84. The van der Waals surface area contributed by atoms with E-state index in [0.29, 0.717) is 24.4 Å². The van der Waals surface area contributed by atoms with Gasteiger partial charge in [-0.05, 0) is 97.7 Å². The van der Waals surface area contributed by atoms with E-state index in [-0.39, 0.29) is 28.7 Å². The number of amides is 2. The molecule has 2 N–H and O–H groups in total. The fourth-order valence-electron chi connectivity index (χ4n) is 7.53. The molecular weight excluding hydrogens is 440 g/mol. The van der Waals surface area contributed by atoms with Crippen molar-refractivity contribution in [2.24, 2.45) is 23.2 Å². The molecule has 35 heavy (non-hydrogen) atoms. The van der Waals surface area contributed by atoms with Crippen molar-refractivity contribution in [3.05, 3.63) is 0 Å². The van der Waals surface area contributed by atoms with Crippen molar-refractivity contribution in [2.75, 3.05) is 33.2 Å². The molecule has 0 aromatic carbocycles. The minimum Gasteiger partial charge on any atom is -0.351 e. The van der Waals surface area contributed by atoms with Crippen LogP contribution in [-0.4, -0.2) is 78.7 Å². The van der Waals surface area contributed by atoms with Crippen molar-refractivity contribution < 1.29 is 14.4 Å². The second kappa shape index (κ2) is 10.9. The molecule has 198 valence electrons. The van der Waals surface area contributed by atoms with E-state index in [0.717, 1.165) is 64.4 Å². The van der Waals surface area contributed by atoms with Gasteiger partial charge in [-0.3, -0.25) is 9.59 Å². The van der Waals surface area contributed by atoms with Crippen LogP contribution < -0.4 is 10.6 Å². The number of carbonyl (C=O) groups excluding carboxylic acids is 3. The Morgan fingerprint density at radius 1 is 1.06 bits per heavy atom. The first-order valence-corrected chi connectivity index (χ1v) is 14.1. The number of nitrogens with zero attached hydrogens (tertiary/aromatic N) is 2. The lowest BCUT2D eigenvalue weighted by Gasteiger charge is -2.48. The Labute approximate surface area is 212 Å². The Kier molecular flexibility index (Phi) is 8.26. The predicted octanol–water partition coefficient (Wildman–Crippen LogP) is 2.98. The van der Waals surface area contributed by atoms with Gasteiger partial charge in [0, 0.05) is 24.7 Å². The molecule has 2 bridgehead atoms. The summed E-state index contributed by atoms with van der Waals surface area (Å²) in [5.41, 5.74) is -0.550. The summed E-state index contributed by atoms with van der Waals surface area (Å²) in [7, 11) is 2.12. The van der Waals surface area contributed by atoms with E-state index in [1.54, 1.807) is 0 Å². The summed E-state index contributed by atoms with van der Waals surface area (Å²) in [6.45, 7) is 9.39. The van der Waals surface area contributed by atoms with Crippen LogP contribution in [0.4, 0.5) is 0 Å². The number of nitrogens with one attached hydrogen (secondary N) is 2. The molecule has 3 heterocycles. The van der Waals surface area contributed by atoms with E-state index in [4.69, 9.17) is 0 Å². The predicted molar refractivity (Wildman–Crippen MR) is 138 cm³/mol. The van der Waals surface area contributed by atoms with Crippen LogP contribution in [0.25, 0.3) is 0 Å². The fraction of sp³-hybridized carbons (Fsp3) is 0.893. The monoisotopic (exact) mass is 488 g/mol. The maximum atomic E-state index is 13.6. The molecule has 0 radical (unpaired) electrons. The molecule has 2 aliphatic carbocycles. The van der Waals surface area contributed by atoms with Crippen LogP contribution in [-0.2, 0) is 14.4 Å². The van der Waals surface area contributed by atoms with Gasteiger partial charge >= 0.3 is 0 Å². The Morgan fingerprint density at radius 2 is 1.74 bits per heavy atom. The summed E-state index contributed by atoms with van der Waals surface area (Å²) in [5.74, 6) is 1.30. The molecule has 0 aromatic rings. The Bertz CT molecular complexity index is 765. The minimum atomic E-state index is -0.487. The van der Waals surface area contributed by atoms with Crippen molar-refractivity contribution in [1.82, 2.24) is 20.4 Å². The summed E-state index contributed by atoms with van der Waals surface area (Å²) in [6.07, 6.45) is 11.8. The largest absolute Gasteiger partial charge is 0.351 e. The smallest absolute Gasteiger partial charge is 0.226 e. The van der Waals surface area contributed by atoms with Gasteiger partial charge in [-0.1, -0.05) is 19.3 Å². The van der Waals surface area contributed by atoms with E-state index in [1.807, 2.05) is 0 Å². The summed E-state index contributed by atoms with van der Waals surface area (Å²) in [5, 5.41) is 6.37. The van der Waals surface area contributed by atoms with Gasteiger partial charge in [0.2, 0.25) is 11.8 Å². The van der Waals surface area contributed by atoms with E-state index >= 15 is 0 Å². The fourth-order valence-corrected chi connectivity index (χ4v) is 7.53. The number of fused-ring (bicyclic) bond motifs is 3. The Balaban J connectivity index is 1.35. The van der Waals surface area contributed by atoms with Crippen LogP contribution in [0.15, 0.2) is 0 Å². The topological polar surface area (TPSA) is 81.8 Å². The zero-order valence-electron chi connectivity index (χ0n) is 22.5. The maximum Gasteiger partial charge on any atom is 0.226 e. The molecule has 2 amide bonds. The summed E-state index contributed by atoms with van der Waals surface area (Å²) in [4.78, 5) is 43.2. The average Bonchev–Trinajstić information content (AvgIpc) is 2.83. The molecule has 5 aliphatic rings. The summed E-state index contributed by atoms with van der Waals surface area (Å²) >= 11 is 0. The number of carbonyl (C=O) groups is 3. The zero-order chi connectivity index (χ0) is 25.2. The van der Waals surface area contributed by atoms with Crippen LogP contribution in [0.5, 0.6) is 0 Å². The quantitative estimate of drug-likeness (QED) is 0.539. The van der Waals surface area contributed by atoms with Gasteiger partial charge in [-0.2, -0.15) is 0 Å². The standard InChI is InChI=1S/C28H48N4O3/c1-27(2,3)30-26(35)28(21-8-6-5-7-9-21)12-14-32(15-13-28)18-22(19-33)29-25(34)23-16-20-10-11-24(23)31(4)17-20/h19-24H,5-18H2,1-4H3,(H,29,34)(H,30,35). The zero-order valence-corrected chi connectivity index (χ0v) is 22.5. The SMILES string of the molecule is CN1CC2CCC1C(C(=O)NC(C=O)CN1CCC(C(=O)NC(C)(C)C)(C3CCCCC3)CC1)C2. The highest BCUT2D eigenvalue weighted by atomic mass is 16.2. The van der Waals surface area contributed by atoms with E-state index < -0.39 is 6.04 Å². The molecule has 5 rings (SSSR count). The number of aldehydes is 1. The van der Waals surface area contributed by atoms with Crippen molar-refractivity contribution in [1.29, 1.82) is 0 Å². The molecule has 4 unspecified atom stereocenters. The second-order valence-electron chi connectivity index (χ2n) is 13.0. The van der Waals surface area contributed by atoms with Gasteiger partial charge in [0.05, 0.1) is 17.4 Å². The van der Waals surface area contributed by atoms with Crippen LogP contribution in [0.1, 0.15) is 85.0 Å². The van der Waals surface area contributed by atoms with Crippen LogP contribution >= 0.6 is 0 Å². The lowest BCUT2D eigenvalue weighted by molar-refractivity contribution is -0.141. The molecule has 2 saturated carbocycles. The number of piperidine rings is 3. The first kappa shape index (κ1) is 26.6. The average molecular weight is 489 g/mol. The first-order chi connectivity index (χ1) is 16.6. The van der Waals surface area contributed by atoms with Gasteiger partial charge < -0.3 is 25.2 Å². The number of likely N-dealkylation sites (tertiary alicyclic amines) is 1. The molecule has 4 atom stereocenters. The first-order valence-electron chi connectivity index (χ1n) is 14.1. The van der Waals surface area contributed by atoms with E-state index in [1.165, 1.54) is 25.7 Å². The minimum absolute atomic E-state index is 0.00338. The van der Waals surface area contributed by atoms with Crippen molar-refractivity contribution in [2.45, 2.75) is 103 Å².